The summed E-state index contributed by atoms with van der Waals surface area (Å²) in [6, 6.07) is 8.36. The number of halogens is 2. The molecule has 1 aliphatic heterocycles. The Balaban J connectivity index is 1.55. The van der Waals surface area contributed by atoms with E-state index in [2.05, 4.69) is 10.7 Å². The molecule has 8 nitrogen and oxygen atoms in total. The van der Waals surface area contributed by atoms with Gasteiger partial charge in [-0.15, -0.1) is 0 Å². The quantitative estimate of drug-likeness (QED) is 0.492. The number of carbonyl (C=O) groups excluding carboxylic acids is 2. The van der Waals surface area contributed by atoms with Crippen LogP contribution in [0.3, 0.4) is 0 Å². The summed E-state index contributed by atoms with van der Waals surface area (Å²) < 4.78 is 35.3. The maximum atomic E-state index is 15.2. The fourth-order valence-electron chi connectivity index (χ4n) is 4.58. The second-order valence-electron chi connectivity index (χ2n) is 8.36. The molecule has 2 aromatic rings. The lowest BCUT2D eigenvalue weighted by atomic mass is 9.97. The number of primary amides is 1. The lowest BCUT2D eigenvalue weighted by molar-refractivity contribution is -0.114. The Morgan fingerprint density at radius 1 is 1.15 bits per heavy atom. The van der Waals surface area contributed by atoms with Gasteiger partial charge in [-0.3, -0.25) is 14.6 Å². The van der Waals surface area contributed by atoms with Crippen molar-refractivity contribution in [2.24, 2.45) is 11.5 Å². The Morgan fingerprint density at radius 2 is 1.85 bits per heavy atom. The fourth-order valence-corrected chi connectivity index (χ4v) is 4.58. The van der Waals surface area contributed by atoms with E-state index in [1.165, 1.54) is 19.2 Å². The van der Waals surface area contributed by atoms with Gasteiger partial charge in [-0.1, -0.05) is 37.1 Å². The first-order valence-electron chi connectivity index (χ1n) is 11.1. The molecule has 0 spiro atoms. The molecule has 1 unspecified atom stereocenters. The summed E-state index contributed by atoms with van der Waals surface area (Å²) in [5.74, 6) is -3.05. The number of nitrogens with one attached hydrogen (secondary N) is 2. The average Bonchev–Trinajstić information content (AvgIpc) is 3.47. The highest BCUT2D eigenvalue weighted by Crippen LogP contribution is 2.36. The Morgan fingerprint density at radius 3 is 2.53 bits per heavy atom. The molecule has 2 aliphatic rings. The van der Waals surface area contributed by atoms with Crippen LogP contribution in [0.5, 0.6) is 5.75 Å². The summed E-state index contributed by atoms with van der Waals surface area (Å²) >= 11 is 0. The Hall–Kier alpha value is -3.66. The summed E-state index contributed by atoms with van der Waals surface area (Å²) in [6.07, 6.45) is 3.78. The van der Waals surface area contributed by atoms with Crippen LogP contribution < -0.4 is 26.9 Å². The molecule has 1 aliphatic carbocycles. The van der Waals surface area contributed by atoms with Crippen molar-refractivity contribution in [2.75, 3.05) is 7.11 Å². The van der Waals surface area contributed by atoms with E-state index in [1.807, 2.05) is 0 Å². The van der Waals surface area contributed by atoms with E-state index in [0.717, 1.165) is 25.7 Å². The summed E-state index contributed by atoms with van der Waals surface area (Å²) in [4.78, 5) is 24.6. The summed E-state index contributed by atoms with van der Waals surface area (Å²) in [7, 11) is 1.44. The molecule has 1 heterocycles. The molecule has 0 bridgehead atoms. The zero-order valence-electron chi connectivity index (χ0n) is 18.7. The summed E-state index contributed by atoms with van der Waals surface area (Å²) in [6.45, 7) is -0.243. The van der Waals surface area contributed by atoms with Crippen molar-refractivity contribution in [3.8, 4) is 5.75 Å². The topological polar surface area (TPSA) is 123 Å². The standard InChI is InChI=1S/C24H27F2N5O3/c1-34-17-9-5-4-8-15(17)24(33)29-12-13-10-11-16(20(26)19(13)25)21-18(23(28)32)22(27)31(30-21)14-6-2-3-7-14/h4-5,8-11,14,21,30H,2-3,6-7,12,27H2,1H3,(H2,28,32)(H,29,33). The Bertz CT molecular complexity index is 1150. The third kappa shape index (κ3) is 4.28. The molecule has 0 radical (unpaired) electrons. The largest absolute Gasteiger partial charge is 0.496 e. The molecule has 1 saturated carbocycles. The number of rotatable bonds is 7. The maximum Gasteiger partial charge on any atom is 0.255 e. The molecule has 4 rings (SSSR count). The molecule has 0 saturated heterocycles. The van der Waals surface area contributed by atoms with Crippen LogP contribution in [0.15, 0.2) is 47.8 Å². The van der Waals surface area contributed by atoms with Crippen molar-refractivity contribution in [2.45, 2.75) is 44.3 Å². The highest BCUT2D eigenvalue weighted by molar-refractivity contribution is 5.97. The van der Waals surface area contributed by atoms with Gasteiger partial charge in [0, 0.05) is 23.7 Å². The normalized spacial score (nSPS) is 18.4. The van der Waals surface area contributed by atoms with E-state index < -0.39 is 29.5 Å². The monoisotopic (exact) mass is 471 g/mol. The minimum atomic E-state index is -1.14. The third-order valence-corrected chi connectivity index (χ3v) is 6.34. The van der Waals surface area contributed by atoms with Gasteiger partial charge in [0.15, 0.2) is 11.6 Å². The molecular weight excluding hydrogens is 444 g/mol. The SMILES string of the molecule is COc1ccccc1C(=O)NCc1ccc(C2NN(C3CCCC3)C(N)=C2C(N)=O)c(F)c1F. The molecule has 10 heteroatoms. The van der Waals surface area contributed by atoms with Crippen molar-refractivity contribution in [3.63, 3.8) is 0 Å². The number of carbonyl (C=O) groups is 2. The number of ether oxygens (including phenoxy) is 1. The van der Waals surface area contributed by atoms with Gasteiger partial charge in [0.05, 0.1) is 24.3 Å². The number of hydrazine groups is 1. The van der Waals surface area contributed by atoms with Crippen molar-refractivity contribution >= 4 is 11.8 Å². The van der Waals surface area contributed by atoms with E-state index in [1.54, 1.807) is 29.3 Å². The van der Waals surface area contributed by atoms with Gasteiger partial charge < -0.3 is 21.5 Å². The van der Waals surface area contributed by atoms with Gasteiger partial charge in [0.2, 0.25) is 5.91 Å². The second-order valence-corrected chi connectivity index (χ2v) is 8.36. The van der Waals surface area contributed by atoms with Gasteiger partial charge in [-0.2, -0.15) is 0 Å². The lowest BCUT2D eigenvalue weighted by Crippen LogP contribution is -2.42. The van der Waals surface area contributed by atoms with Gasteiger partial charge in [-0.05, 0) is 25.0 Å². The molecule has 2 amide bonds. The number of hydrogen-bond acceptors (Lipinski definition) is 6. The van der Waals surface area contributed by atoms with Crippen molar-refractivity contribution in [1.29, 1.82) is 0 Å². The minimum absolute atomic E-state index is 0.00225. The molecule has 1 fully saturated rings. The number of para-hydroxylation sites is 1. The van der Waals surface area contributed by atoms with Gasteiger partial charge in [0.25, 0.3) is 5.91 Å². The number of methoxy groups -OCH3 is 1. The van der Waals surface area contributed by atoms with E-state index in [4.69, 9.17) is 16.2 Å². The number of hydrogen-bond donors (Lipinski definition) is 4. The van der Waals surface area contributed by atoms with E-state index in [-0.39, 0.29) is 40.7 Å². The van der Waals surface area contributed by atoms with E-state index >= 15 is 4.39 Å². The third-order valence-electron chi connectivity index (χ3n) is 6.34. The first-order chi connectivity index (χ1) is 16.3. The smallest absolute Gasteiger partial charge is 0.255 e. The molecule has 180 valence electrons. The predicted molar refractivity (Wildman–Crippen MR) is 121 cm³/mol. The van der Waals surface area contributed by atoms with Crippen LogP contribution in [0.4, 0.5) is 8.78 Å². The molecule has 0 aromatic heterocycles. The van der Waals surface area contributed by atoms with Crippen molar-refractivity contribution < 1.29 is 23.1 Å². The first kappa shape index (κ1) is 23.5. The second kappa shape index (κ2) is 9.68. The van der Waals surface area contributed by atoms with E-state index in [0.29, 0.717) is 5.75 Å². The van der Waals surface area contributed by atoms with Gasteiger partial charge >= 0.3 is 0 Å². The summed E-state index contributed by atoms with van der Waals surface area (Å²) in [5.41, 5.74) is 14.9. The van der Waals surface area contributed by atoms with Crippen LogP contribution >= 0.6 is 0 Å². The van der Waals surface area contributed by atoms with E-state index in [9.17, 15) is 14.0 Å². The summed E-state index contributed by atoms with van der Waals surface area (Å²) in [5, 5.41) is 4.22. The number of amides is 2. The number of nitrogens with two attached hydrogens (primary N) is 2. The molecular formula is C24H27F2N5O3. The van der Waals surface area contributed by atoms with Crippen molar-refractivity contribution in [1.82, 2.24) is 15.8 Å². The van der Waals surface area contributed by atoms with Gasteiger partial charge in [-0.25, -0.2) is 14.2 Å². The zero-order chi connectivity index (χ0) is 24.4. The van der Waals surface area contributed by atoms with Gasteiger partial charge in [0.1, 0.15) is 11.6 Å². The molecule has 34 heavy (non-hydrogen) atoms. The Labute approximate surface area is 195 Å². The minimum Gasteiger partial charge on any atom is -0.496 e. The van der Waals surface area contributed by atoms with Crippen LogP contribution in [0, 0.1) is 11.6 Å². The average molecular weight is 472 g/mol. The lowest BCUT2D eigenvalue weighted by Gasteiger charge is -2.28. The van der Waals surface area contributed by atoms with Crippen LogP contribution in [0.2, 0.25) is 0 Å². The zero-order valence-corrected chi connectivity index (χ0v) is 18.7. The van der Waals surface area contributed by atoms with Crippen LogP contribution in [0.1, 0.15) is 53.2 Å². The van der Waals surface area contributed by atoms with Crippen molar-refractivity contribution in [3.05, 3.63) is 76.1 Å². The molecule has 6 N–H and O–H groups in total. The highest BCUT2D eigenvalue weighted by atomic mass is 19.2. The van der Waals surface area contributed by atoms with Crippen LogP contribution in [0.25, 0.3) is 0 Å². The first-order valence-corrected chi connectivity index (χ1v) is 11.1. The maximum absolute atomic E-state index is 15.2. The molecule has 1 atom stereocenters. The van der Waals surface area contributed by atoms with Crippen LogP contribution in [-0.2, 0) is 11.3 Å². The molecule has 2 aromatic carbocycles. The highest BCUT2D eigenvalue weighted by Gasteiger charge is 2.39. The number of benzene rings is 2. The van der Waals surface area contributed by atoms with Crippen LogP contribution in [-0.4, -0.2) is 30.0 Å². The fraction of sp³-hybridized carbons (Fsp3) is 0.333. The predicted octanol–water partition coefficient (Wildman–Crippen LogP) is 2.36. The Kier molecular flexibility index (Phi) is 6.69. The number of nitrogens with zero attached hydrogens (tertiary/aromatic N) is 1.